The van der Waals surface area contributed by atoms with Gasteiger partial charge in [-0.15, -0.1) is 0 Å². The van der Waals surface area contributed by atoms with Gasteiger partial charge in [-0.05, 0) is 63.2 Å². The van der Waals surface area contributed by atoms with E-state index < -0.39 is 0 Å². The van der Waals surface area contributed by atoms with Gasteiger partial charge in [-0.25, -0.2) is 0 Å². The Hall–Kier alpha value is -0.520. The monoisotopic (exact) mass is 218 g/mol. The van der Waals surface area contributed by atoms with Crippen molar-refractivity contribution in [2.24, 2.45) is 17.3 Å². The zero-order valence-electron chi connectivity index (χ0n) is 11.3. The van der Waals surface area contributed by atoms with Crippen LogP contribution in [-0.2, 0) is 0 Å². The predicted molar refractivity (Wildman–Crippen MR) is 71.4 cm³/mol. The fraction of sp³-hybridized carbons (Fsp3) is 0.750. The Morgan fingerprint density at radius 2 is 2.00 bits per heavy atom. The summed E-state index contributed by atoms with van der Waals surface area (Å²) in [7, 11) is 0. The molecule has 0 nitrogen and oxygen atoms in total. The average molecular weight is 218 g/mol. The Kier molecular flexibility index (Phi) is 3.28. The van der Waals surface area contributed by atoms with Crippen molar-refractivity contribution >= 4 is 0 Å². The molecule has 0 aliphatic heterocycles. The van der Waals surface area contributed by atoms with Crippen LogP contribution in [0.4, 0.5) is 0 Å². The van der Waals surface area contributed by atoms with Crippen molar-refractivity contribution in [2.75, 3.05) is 0 Å². The van der Waals surface area contributed by atoms with Gasteiger partial charge in [0.15, 0.2) is 0 Å². The van der Waals surface area contributed by atoms with Crippen LogP contribution < -0.4 is 0 Å². The second-order valence-corrected chi connectivity index (χ2v) is 6.48. The predicted octanol–water partition coefficient (Wildman–Crippen LogP) is 5.12. The largest absolute Gasteiger partial charge is 0.0856 e. The van der Waals surface area contributed by atoms with E-state index in [1.165, 1.54) is 32.1 Å². The van der Waals surface area contributed by atoms with Crippen molar-refractivity contribution in [2.45, 2.75) is 59.8 Å². The van der Waals surface area contributed by atoms with Gasteiger partial charge >= 0.3 is 0 Å². The van der Waals surface area contributed by atoms with Crippen LogP contribution in [0.5, 0.6) is 0 Å². The lowest BCUT2D eigenvalue weighted by Gasteiger charge is -2.33. The van der Waals surface area contributed by atoms with Crippen LogP contribution in [0, 0.1) is 17.3 Å². The Labute approximate surface area is 101 Å². The molecule has 16 heavy (non-hydrogen) atoms. The summed E-state index contributed by atoms with van der Waals surface area (Å²) in [5.41, 5.74) is 3.69. The summed E-state index contributed by atoms with van der Waals surface area (Å²) >= 11 is 0. The zero-order valence-corrected chi connectivity index (χ0v) is 11.3. The Morgan fingerprint density at radius 3 is 2.56 bits per heavy atom. The summed E-state index contributed by atoms with van der Waals surface area (Å²) < 4.78 is 0. The molecular weight excluding hydrogens is 192 g/mol. The van der Waals surface area contributed by atoms with Crippen molar-refractivity contribution in [3.8, 4) is 0 Å². The number of rotatable bonds is 2. The normalized spacial score (nSPS) is 33.5. The minimum atomic E-state index is 0.453. The standard InChI is InChI=1S/C16H26/c1-12-6-5-7-14(10-12)11-15-9-8-13(2)16(15,3)4/h6,8,14-15H,5,7,9-11H2,1-4H3. The molecule has 0 amide bonds. The van der Waals surface area contributed by atoms with E-state index in [2.05, 4.69) is 39.8 Å². The van der Waals surface area contributed by atoms with Crippen LogP contribution in [0.15, 0.2) is 23.3 Å². The maximum Gasteiger partial charge on any atom is -0.0116 e. The molecule has 0 spiro atoms. The molecule has 0 heteroatoms. The van der Waals surface area contributed by atoms with Gasteiger partial charge in [0.1, 0.15) is 0 Å². The molecule has 2 aliphatic rings. The smallest absolute Gasteiger partial charge is 0.0116 e. The number of hydrogen-bond donors (Lipinski definition) is 0. The molecule has 0 aromatic carbocycles. The fourth-order valence-corrected chi connectivity index (χ4v) is 3.40. The first-order chi connectivity index (χ1) is 7.50. The van der Waals surface area contributed by atoms with Crippen molar-refractivity contribution in [3.63, 3.8) is 0 Å². The lowest BCUT2D eigenvalue weighted by molar-refractivity contribution is 0.226. The summed E-state index contributed by atoms with van der Waals surface area (Å²) in [6, 6.07) is 0. The molecule has 2 rings (SSSR count). The van der Waals surface area contributed by atoms with Gasteiger partial charge in [-0.2, -0.15) is 0 Å². The van der Waals surface area contributed by atoms with E-state index in [1.54, 1.807) is 11.1 Å². The highest BCUT2D eigenvalue weighted by Crippen LogP contribution is 2.47. The topological polar surface area (TPSA) is 0 Å². The molecule has 0 aromatic rings. The quantitative estimate of drug-likeness (QED) is 0.565. The van der Waals surface area contributed by atoms with E-state index >= 15 is 0 Å². The molecule has 2 unspecified atom stereocenters. The third kappa shape index (κ3) is 2.26. The third-order valence-corrected chi connectivity index (χ3v) is 5.04. The van der Waals surface area contributed by atoms with Crippen LogP contribution in [0.1, 0.15) is 59.8 Å². The first-order valence-electron chi connectivity index (χ1n) is 6.83. The van der Waals surface area contributed by atoms with Gasteiger partial charge in [0.2, 0.25) is 0 Å². The van der Waals surface area contributed by atoms with E-state index in [0.29, 0.717) is 5.41 Å². The summed E-state index contributed by atoms with van der Waals surface area (Å²) in [6.07, 6.45) is 11.7. The second kappa shape index (κ2) is 4.39. The molecule has 0 N–H and O–H groups in total. The Bertz CT molecular complexity index is 317. The minimum absolute atomic E-state index is 0.453. The molecule has 0 aromatic heterocycles. The minimum Gasteiger partial charge on any atom is -0.0856 e. The Morgan fingerprint density at radius 1 is 1.25 bits per heavy atom. The lowest BCUT2D eigenvalue weighted by Crippen LogP contribution is -2.23. The SMILES string of the molecule is CC1=CCCC(CC2CC=C(C)C2(C)C)C1. The molecule has 0 bridgehead atoms. The van der Waals surface area contributed by atoms with Gasteiger partial charge in [0.25, 0.3) is 0 Å². The summed E-state index contributed by atoms with van der Waals surface area (Å²) in [6.45, 7) is 9.48. The van der Waals surface area contributed by atoms with Gasteiger partial charge < -0.3 is 0 Å². The molecule has 0 saturated carbocycles. The fourth-order valence-electron chi connectivity index (χ4n) is 3.40. The van der Waals surface area contributed by atoms with Crippen molar-refractivity contribution in [1.82, 2.24) is 0 Å². The highest BCUT2D eigenvalue weighted by molar-refractivity contribution is 5.18. The number of hydrogen-bond acceptors (Lipinski definition) is 0. The zero-order chi connectivity index (χ0) is 11.8. The van der Waals surface area contributed by atoms with Crippen LogP contribution in [0.3, 0.4) is 0 Å². The van der Waals surface area contributed by atoms with Crippen LogP contribution in [0.2, 0.25) is 0 Å². The second-order valence-electron chi connectivity index (χ2n) is 6.48. The Balaban J connectivity index is 1.94. The third-order valence-electron chi connectivity index (χ3n) is 5.04. The maximum atomic E-state index is 2.47. The number of allylic oxidation sites excluding steroid dienone is 4. The van der Waals surface area contributed by atoms with Gasteiger partial charge in [-0.3, -0.25) is 0 Å². The van der Waals surface area contributed by atoms with Gasteiger partial charge in [0, 0.05) is 0 Å². The van der Waals surface area contributed by atoms with Crippen LogP contribution >= 0.6 is 0 Å². The molecule has 0 heterocycles. The molecular formula is C16H26. The van der Waals surface area contributed by atoms with Gasteiger partial charge in [-0.1, -0.05) is 37.1 Å². The first-order valence-corrected chi connectivity index (χ1v) is 6.83. The maximum absolute atomic E-state index is 2.47. The molecule has 90 valence electrons. The van der Waals surface area contributed by atoms with E-state index in [0.717, 1.165) is 11.8 Å². The van der Waals surface area contributed by atoms with Crippen molar-refractivity contribution < 1.29 is 0 Å². The molecule has 0 radical (unpaired) electrons. The highest BCUT2D eigenvalue weighted by Gasteiger charge is 2.36. The van der Waals surface area contributed by atoms with E-state index in [4.69, 9.17) is 0 Å². The van der Waals surface area contributed by atoms with Gasteiger partial charge in [0.05, 0.1) is 0 Å². The van der Waals surface area contributed by atoms with E-state index in [-0.39, 0.29) is 0 Å². The first kappa shape index (κ1) is 12.0. The summed E-state index contributed by atoms with van der Waals surface area (Å²) in [5.74, 6) is 1.84. The lowest BCUT2D eigenvalue weighted by atomic mass is 9.71. The van der Waals surface area contributed by atoms with Crippen LogP contribution in [-0.4, -0.2) is 0 Å². The molecule has 2 atom stereocenters. The molecule has 0 saturated heterocycles. The van der Waals surface area contributed by atoms with Crippen LogP contribution in [0.25, 0.3) is 0 Å². The van der Waals surface area contributed by atoms with Crippen molar-refractivity contribution in [1.29, 1.82) is 0 Å². The van der Waals surface area contributed by atoms with E-state index in [1.807, 2.05) is 0 Å². The molecule has 0 fully saturated rings. The average Bonchev–Trinajstić information content (AvgIpc) is 2.45. The highest BCUT2D eigenvalue weighted by atomic mass is 14.4. The summed E-state index contributed by atoms with van der Waals surface area (Å²) in [4.78, 5) is 0. The van der Waals surface area contributed by atoms with E-state index in [9.17, 15) is 0 Å². The molecule has 2 aliphatic carbocycles. The summed E-state index contributed by atoms with van der Waals surface area (Å²) in [5, 5.41) is 0. The van der Waals surface area contributed by atoms with Crippen molar-refractivity contribution in [3.05, 3.63) is 23.3 Å².